The van der Waals surface area contributed by atoms with Crippen LogP contribution in [0.15, 0.2) is 60.7 Å². The molecule has 0 aliphatic carbocycles. The number of carbonyl (C=O) groups excluding carboxylic acids is 2. The van der Waals surface area contributed by atoms with Crippen molar-refractivity contribution in [3.05, 3.63) is 71.8 Å². The number of hydrogen-bond donors (Lipinski definition) is 0. The van der Waals surface area contributed by atoms with Gasteiger partial charge in [0, 0.05) is 13.1 Å². The Bertz CT molecular complexity index is 724. The summed E-state index contributed by atoms with van der Waals surface area (Å²) >= 11 is 0. The number of likely N-dealkylation sites (N-methyl/N-ethyl adjacent to an activating group) is 1. The van der Waals surface area contributed by atoms with E-state index >= 15 is 0 Å². The zero-order valence-electron chi connectivity index (χ0n) is 14.3. The van der Waals surface area contributed by atoms with Gasteiger partial charge < -0.3 is 4.90 Å². The van der Waals surface area contributed by atoms with E-state index in [1.807, 2.05) is 79.7 Å². The lowest BCUT2D eigenvalue weighted by molar-refractivity contribution is -0.136. The van der Waals surface area contributed by atoms with Crippen molar-refractivity contribution < 1.29 is 9.59 Å². The molecule has 0 saturated carbocycles. The molecule has 2 aromatic carbocycles. The highest BCUT2D eigenvalue weighted by Gasteiger charge is 2.39. The standard InChI is InChI=1S/C20H20N2O2.ClH/c1-21(2)13-14-22-19(23)17(15-9-5-3-6-10-15)18(20(22)24)16-11-7-4-8-12-16;/h3-12H,13-14H2,1-2H3;1H. The molecule has 1 aliphatic rings. The summed E-state index contributed by atoms with van der Waals surface area (Å²) in [7, 11) is 3.85. The molecule has 5 heteroatoms. The first kappa shape index (κ1) is 18.9. The zero-order valence-corrected chi connectivity index (χ0v) is 15.1. The van der Waals surface area contributed by atoms with Crippen LogP contribution in [0.2, 0.25) is 0 Å². The fraction of sp³-hybridized carbons (Fsp3) is 0.200. The van der Waals surface area contributed by atoms with Gasteiger partial charge in [-0.3, -0.25) is 14.5 Å². The maximum absolute atomic E-state index is 12.9. The van der Waals surface area contributed by atoms with E-state index in [1.165, 1.54) is 4.90 Å². The van der Waals surface area contributed by atoms with E-state index in [2.05, 4.69) is 0 Å². The molecule has 0 atom stereocenters. The minimum absolute atomic E-state index is 0. The van der Waals surface area contributed by atoms with Crippen LogP contribution in [-0.2, 0) is 9.59 Å². The Morgan fingerprint density at radius 1 is 0.760 bits per heavy atom. The number of halogens is 1. The van der Waals surface area contributed by atoms with E-state index < -0.39 is 0 Å². The fourth-order valence-electron chi connectivity index (χ4n) is 2.82. The second-order valence-electron chi connectivity index (χ2n) is 6.05. The maximum Gasteiger partial charge on any atom is 0.262 e. The number of benzene rings is 2. The highest BCUT2D eigenvalue weighted by atomic mass is 35.5. The molecule has 0 N–H and O–H groups in total. The molecule has 0 radical (unpaired) electrons. The number of hydrogen-bond acceptors (Lipinski definition) is 3. The highest BCUT2D eigenvalue weighted by molar-refractivity contribution is 6.48. The molecule has 3 rings (SSSR count). The van der Waals surface area contributed by atoms with Crippen molar-refractivity contribution >= 4 is 35.4 Å². The summed E-state index contributed by atoms with van der Waals surface area (Å²) in [4.78, 5) is 29.2. The summed E-state index contributed by atoms with van der Waals surface area (Å²) in [6, 6.07) is 18.8. The monoisotopic (exact) mass is 356 g/mol. The fourth-order valence-corrected chi connectivity index (χ4v) is 2.82. The lowest BCUT2D eigenvalue weighted by atomic mass is 9.96. The van der Waals surface area contributed by atoms with Crippen molar-refractivity contribution in [2.75, 3.05) is 27.2 Å². The minimum Gasteiger partial charge on any atom is -0.308 e. The molecule has 25 heavy (non-hydrogen) atoms. The molecular weight excluding hydrogens is 336 g/mol. The average molecular weight is 357 g/mol. The number of carbonyl (C=O) groups is 2. The van der Waals surface area contributed by atoms with Gasteiger partial charge in [0.05, 0.1) is 11.1 Å². The van der Waals surface area contributed by atoms with Crippen LogP contribution in [0.3, 0.4) is 0 Å². The molecule has 2 amide bonds. The van der Waals surface area contributed by atoms with Gasteiger partial charge in [-0.1, -0.05) is 60.7 Å². The van der Waals surface area contributed by atoms with E-state index in [0.29, 0.717) is 24.2 Å². The topological polar surface area (TPSA) is 40.6 Å². The summed E-state index contributed by atoms with van der Waals surface area (Å²) < 4.78 is 0. The predicted molar refractivity (Wildman–Crippen MR) is 102 cm³/mol. The van der Waals surface area contributed by atoms with Crippen LogP contribution in [-0.4, -0.2) is 48.8 Å². The number of imide groups is 1. The summed E-state index contributed by atoms with van der Waals surface area (Å²) in [6.07, 6.45) is 0. The van der Waals surface area contributed by atoms with E-state index in [9.17, 15) is 9.59 Å². The summed E-state index contributed by atoms with van der Waals surface area (Å²) in [5.41, 5.74) is 2.54. The van der Waals surface area contributed by atoms with Crippen LogP contribution in [0.1, 0.15) is 11.1 Å². The van der Waals surface area contributed by atoms with Crippen molar-refractivity contribution in [2.45, 2.75) is 0 Å². The Kier molecular flexibility index (Phi) is 6.12. The quantitative estimate of drug-likeness (QED) is 0.773. The number of nitrogens with zero attached hydrogens (tertiary/aromatic N) is 2. The average Bonchev–Trinajstić information content (AvgIpc) is 2.85. The Balaban J connectivity index is 0.00000225. The zero-order chi connectivity index (χ0) is 17.1. The molecule has 0 bridgehead atoms. The first-order valence-corrected chi connectivity index (χ1v) is 7.95. The minimum atomic E-state index is -0.216. The smallest absolute Gasteiger partial charge is 0.262 e. The van der Waals surface area contributed by atoms with Crippen LogP contribution in [0, 0.1) is 0 Å². The number of rotatable bonds is 5. The highest BCUT2D eigenvalue weighted by Crippen LogP contribution is 2.35. The Morgan fingerprint density at radius 3 is 1.52 bits per heavy atom. The van der Waals surface area contributed by atoms with E-state index in [-0.39, 0.29) is 24.2 Å². The Labute approximate surface area is 154 Å². The Hall–Kier alpha value is -2.43. The SMILES string of the molecule is CN(C)CCN1C(=O)C(c2ccccc2)=C(c2ccccc2)C1=O.Cl. The third kappa shape index (κ3) is 3.81. The van der Waals surface area contributed by atoms with Crippen molar-refractivity contribution in [3.8, 4) is 0 Å². The van der Waals surface area contributed by atoms with Crippen molar-refractivity contribution in [2.24, 2.45) is 0 Å². The normalized spacial score (nSPS) is 14.3. The van der Waals surface area contributed by atoms with Crippen LogP contribution in [0.25, 0.3) is 11.1 Å². The van der Waals surface area contributed by atoms with Crippen LogP contribution in [0.4, 0.5) is 0 Å². The van der Waals surface area contributed by atoms with Gasteiger partial charge in [-0.05, 0) is 25.2 Å². The molecule has 4 nitrogen and oxygen atoms in total. The van der Waals surface area contributed by atoms with Gasteiger partial charge in [0.1, 0.15) is 0 Å². The molecule has 130 valence electrons. The number of amides is 2. The molecular formula is C20H21ClN2O2. The molecule has 0 spiro atoms. The lowest BCUT2D eigenvalue weighted by Gasteiger charge is -2.18. The molecule has 2 aromatic rings. The van der Waals surface area contributed by atoms with Gasteiger partial charge in [0.2, 0.25) is 0 Å². The van der Waals surface area contributed by atoms with Gasteiger partial charge in [-0.2, -0.15) is 0 Å². The third-order valence-corrected chi connectivity index (χ3v) is 4.06. The van der Waals surface area contributed by atoms with Crippen molar-refractivity contribution in [1.82, 2.24) is 9.80 Å². The van der Waals surface area contributed by atoms with Gasteiger partial charge in [0.15, 0.2) is 0 Å². The van der Waals surface area contributed by atoms with Crippen LogP contribution < -0.4 is 0 Å². The molecule has 0 aromatic heterocycles. The summed E-state index contributed by atoms with van der Waals surface area (Å²) in [6.45, 7) is 1.03. The van der Waals surface area contributed by atoms with Crippen molar-refractivity contribution in [1.29, 1.82) is 0 Å². The van der Waals surface area contributed by atoms with E-state index in [1.54, 1.807) is 0 Å². The van der Waals surface area contributed by atoms with Crippen LogP contribution >= 0.6 is 12.4 Å². The first-order chi connectivity index (χ1) is 11.6. The molecule has 0 saturated heterocycles. The largest absolute Gasteiger partial charge is 0.308 e. The molecule has 1 aliphatic heterocycles. The summed E-state index contributed by atoms with van der Waals surface area (Å²) in [5, 5.41) is 0. The second-order valence-corrected chi connectivity index (χ2v) is 6.05. The van der Waals surface area contributed by atoms with E-state index in [4.69, 9.17) is 0 Å². The van der Waals surface area contributed by atoms with Gasteiger partial charge in [-0.25, -0.2) is 0 Å². The summed E-state index contributed by atoms with van der Waals surface area (Å²) in [5.74, 6) is -0.432. The lowest BCUT2D eigenvalue weighted by Crippen LogP contribution is -2.37. The maximum atomic E-state index is 12.9. The van der Waals surface area contributed by atoms with Crippen LogP contribution in [0.5, 0.6) is 0 Å². The van der Waals surface area contributed by atoms with E-state index in [0.717, 1.165) is 11.1 Å². The molecule has 0 unspecified atom stereocenters. The molecule has 1 heterocycles. The predicted octanol–water partition coefficient (Wildman–Crippen LogP) is 2.95. The van der Waals surface area contributed by atoms with Gasteiger partial charge >= 0.3 is 0 Å². The molecule has 0 fully saturated rings. The Morgan fingerprint density at radius 2 is 1.16 bits per heavy atom. The van der Waals surface area contributed by atoms with Gasteiger partial charge in [-0.15, -0.1) is 12.4 Å². The van der Waals surface area contributed by atoms with Gasteiger partial charge in [0.25, 0.3) is 11.8 Å². The second kappa shape index (κ2) is 8.10. The first-order valence-electron chi connectivity index (χ1n) is 7.95. The third-order valence-electron chi connectivity index (χ3n) is 4.06. The van der Waals surface area contributed by atoms with Crippen molar-refractivity contribution in [3.63, 3.8) is 0 Å².